The Labute approximate surface area is 180 Å². The lowest BCUT2D eigenvalue weighted by atomic mass is 9.42. The van der Waals surface area contributed by atoms with Crippen molar-refractivity contribution in [1.82, 2.24) is 5.32 Å². The first-order valence-electron chi connectivity index (χ1n) is 11.5. The van der Waals surface area contributed by atoms with Gasteiger partial charge in [-0.25, -0.2) is 4.79 Å². The molecule has 0 spiro atoms. The molecule has 3 saturated carbocycles. The van der Waals surface area contributed by atoms with Crippen molar-refractivity contribution in [3.05, 3.63) is 11.6 Å². The number of esters is 2. The Balaban J connectivity index is 1.83. The molecule has 0 aromatic rings. The molecule has 3 fully saturated rings. The molecule has 0 aromatic carbocycles. The molecule has 3 aliphatic rings. The van der Waals surface area contributed by atoms with Crippen molar-refractivity contribution in [2.75, 3.05) is 27.3 Å². The highest BCUT2D eigenvalue weighted by atomic mass is 16.5. The van der Waals surface area contributed by atoms with Gasteiger partial charge in [0.1, 0.15) is 6.61 Å². The summed E-state index contributed by atoms with van der Waals surface area (Å²) in [6, 6.07) is 0. The molecule has 0 heterocycles. The molecular formula is C24H39NO5. The van der Waals surface area contributed by atoms with E-state index in [1.165, 1.54) is 7.11 Å². The topological polar surface area (TPSA) is 84.9 Å². The van der Waals surface area contributed by atoms with Gasteiger partial charge in [-0.05, 0) is 75.2 Å². The van der Waals surface area contributed by atoms with E-state index in [-0.39, 0.29) is 35.1 Å². The number of aliphatic hydroxyl groups is 1. The maximum Gasteiger partial charge on any atom is 0.330 e. The molecule has 6 nitrogen and oxygen atoms in total. The lowest BCUT2D eigenvalue weighted by Crippen LogP contribution is -2.60. The van der Waals surface area contributed by atoms with Crippen molar-refractivity contribution in [1.29, 1.82) is 0 Å². The summed E-state index contributed by atoms with van der Waals surface area (Å²) in [6.45, 7) is 7.49. The standard InChI is InChI=1S/C24H39NO5/c1-15-16(13-20(27)30-12-11-25-4)7-8-17-21(15)18(26)14-19-23(17,2)9-6-10-24(19,3)22(28)29-5/h13,15,17-19,21,25-26H,6-12,14H2,1-5H3/b16-13-/t15-,17-,18-,19+,21-,23-,24-/m0/s1. The third-order valence-electron chi connectivity index (χ3n) is 8.67. The molecule has 6 heteroatoms. The number of methoxy groups -OCH3 is 1. The van der Waals surface area contributed by atoms with Crippen LogP contribution in [0.15, 0.2) is 11.6 Å². The van der Waals surface area contributed by atoms with Crippen LogP contribution in [-0.2, 0) is 19.1 Å². The average molecular weight is 422 g/mol. The fourth-order valence-electron chi connectivity index (χ4n) is 7.12. The van der Waals surface area contributed by atoms with Crippen LogP contribution >= 0.6 is 0 Å². The molecule has 0 aliphatic heterocycles. The summed E-state index contributed by atoms with van der Waals surface area (Å²) in [6.07, 6.45) is 6.48. The van der Waals surface area contributed by atoms with E-state index >= 15 is 0 Å². The van der Waals surface area contributed by atoms with E-state index in [2.05, 4.69) is 19.2 Å². The number of aliphatic hydroxyl groups excluding tert-OH is 1. The predicted octanol–water partition coefficient (Wildman–Crippen LogP) is 3.09. The number of nitrogens with one attached hydrogen (secondary N) is 1. The van der Waals surface area contributed by atoms with E-state index in [1.54, 1.807) is 6.08 Å². The number of rotatable bonds is 5. The zero-order valence-corrected chi connectivity index (χ0v) is 19.2. The summed E-state index contributed by atoms with van der Waals surface area (Å²) in [4.78, 5) is 24.9. The molecular weight excluding hydrogens is 382 g/mol. The number of hydrogen-bond acceptors (Lipinski definition) is 6. The first kappa shape index (κ1) is 23.3. The van der Waals surface area contributed by atoms with Crippen molar-refractivity contribution < 1.29 is 24.2 Å². The Bertz CT molecular complexity index is 691. The summed E-state index contributed by atoms with van der Waals surface area (Å²) in [5.41, 5.74) is 0.542. The van der Waals surface area contributed by atoms with Crippen LogP contribution in [-0.4, -0.2) is 50.5 Å². The summed E-state index contributed by atoms with van der Waals surface area (Å²) in [7, 11) is 3.29. The minimum absolute atomic E-state index is 0.00180. The number of allylic oxidation sites excluding steroid dienone is 1. The van der Waals surface area contributed by atoms with Gasteiger partial charge >= 0.3 is 11.9 Å². The number of fused-ring (bicyclic) bond motifs is 3. The van der Waals surface area contributed by atoms with Gasteiger partial charge in [-0.15, -0.1) is 0 Å². The molecule has 0 aromatic heterocycles. The van der Waals surface area contributed by atoms with Crippen molar-refractivity contribution in [3.8, 4) is 0 Å². The highest BCUT2D eigenvalue weighted by molar-refractivity contribution is 5.83. The van der Waals surface area contributed by atoms with Gasteiger partial charge in [0, 0.05) is 12.6 Å². The lowest BCUT2D eigenvalue weighted by molar-refractivity contribution is -0.189. The van der Waals surface area contributed by atoms with E-state index < -0.39 is 11.5 Å². The van der Waals surface area contributed by atoms with Gasteiger partial charge in [-0.3, -0.25) is 4.79 Å². The molecule has 3 aliphatic carbocycles. The van der Waals surface area contributed by atoms with Gasteiger partial charge in [0.2, 0.25) is 0 Å². The molecule has 0 amide bonds. The number of hydrogen-bond donors (Lipinski definition) is 2. The monoisotopic (exact) mass is 421 g/mol. The van der Waals surface area contributed by atoms with Gasteiger partial charge in [-0.1, -0.05) is 25.8 Å². The van der Waals surface area contributed by atoms with Gasteiger partial charge in [0.25, 0.3) is 0 Å². The van der Waals surface area contributed by atoms with E-state index in [9.17, 15) is 14.7 Å². The minimum atomic E-state index is -0.538. The lowest BCUT2D eigenvalue weighted by Gasteiger charge is -2.62. The first-order chi connectivity index (χ1) is 14.2. The number of carbonyl (C=O) groups excluding carboxylic acids is 2. The van der Waals surface area contributed by atoms with Gasteiger partial charge in [-0.2, -0.15) is 0 Å². The Morgan fingerprint density at radius 3 is 2.70 bits per heavy atom. The maximum absolute atomic E-state index is 12.7. The van der Waals surface area contributed by atoms with Gasteiger partial charge < -0.3 is 19.9 Å². The first-order valence-corrected chi connectivity index (χ1v) is 11.5. The molecule has 3 rings (SSSR count). The molecule has 170 valence electrons. The molecule has 2 N–H and O–H groups in total. The van der Waals surface area contributed by atoms with Crippen LogP contribution in [0.5, 0.6) is 0 Å². The number of likely N-dealkylation sites (N-methyl/N-ethyl adjacent to an activating group) is 1. The summed E-state index contributed by atoms with van der Waals surface area (Å²) in [5, 5.41) is 14.2. The van der Waals surface area contributed by atoms with Crippen LogP contribution in [0.3, 0.4) is 0 Å². The number of carbonyl (C=O) groups is 2. The third-order valence-corrected chi connectivity index (χ3v) is 8.67. The van der Waals surface area contributed by atoms with Crippen molar-refractivity contribution in [2.24, 2.45) is 34.5 Å². The molecule has 0 saturated heterocycles. The van der Waals surface area contributed by atoms with Crippen LogP contribution in [0.2, 0.25) is 0 Å². The smallest absolute Gasteiger partial charge is 0.330 e. The van der Waals surface area contributed by atoms with Crippen LogP contribution in [0.1, 0.15) is 59.3 Å². The zero-order valence-electron chi connectivity index (χ0n) is 19.2. The van der Waals surface area contributed by atoms with Crippen LogP contribution in [0.25, 0.3) is 0 Å². The minimum Gasteiger partial charge on any atom is -0.469 e. The quantitative estimate of drug-likeness (QED) is 0.403. The Morgan fingerprint density at radius 2 is 2.03 bits per heavy atom. The molecule has 7 atom stereocenters. The summed E-state index contributed by atoms with van der Waals surface area (Å²) < 4.78 is 10.5. The predicted molar refractivity (Wildman–Crippen MR) is 115 cm³/mol. The number of ether oxygens (including phenoxy) is 2. The fraction of sp³-hybridized carbons (Fsp3) is 0.833. The van der Waals surface area contributed by atoms with Crippen LogP contribution in [0, 0.1) is 34.5 Å². The highest BCUT2D eigenvalue weighted by Crippen LogP contribution is 2.65. The van der Waals surface area contributed by atoms with E-state index in [0.717, 1.165) is 37.7 Å². The molecule has 0 radical (unpaired) electrons. The van der Waals surface area contributed by atoms with Gasteiger partial charge in [0.05, 0.1) is 18.6 Å². The highest BCUT2D eigenvalue weighted by Gasteiger charge is 2.62. The van der Waals surface area contributed by atoms with Crippen LogP contribution < -0.4 is 5.32 Å². The van der Waals surface area contributed by atoms with Crippen molar-refractivity contribution in [2.45, 2.75) is 65.4 Å². The van der Waals surface area contributed by atoms with E-state index in [0.29, 0.717) is 25.5 Å². The molecule has 30 heavy (non-hydrogen) atoms. The van der Waals surface area contributed by atoms with Crippen molar-refractivity contribution in [3.63, 3.8) is 0 Å². The normalized spacial score (nSPS) is 42.2. The SMILES string of the molecule is CNCCOC(=O)/C=C1/CC[C@H]2[C@@H]([C@@H](O)C[C@@H]3[C@@]2(C)CCC[C@]3(C)C(=O)OC)[C@H]1C. The zero-order chi connectivity index (χ0) is 22.1. The largest absolute Gasteiger partial charge is 0.469 e. The Morgan fingerprint density at radius 1 is 1.30 bits per heavy atom. The second kappa shape index (κ2) is 8.99. The Kier molecular flexibility index (Phi) is 6.97. The molecule has 0 bridgehead atoms. The van der Waals surface area contributed by atoms with Gasteiger partial charge in [0.15, 0.2) is 0 Å². The average Bonchev–Trinajstić information content (AvgIpc) is 2.71. The molecule has 0 unspecified atom stereocenters. The second-order valence-corrected chi connectivity index (χ2v) is 10.1. The third kappa shape index (κ3) is 3.93. The van der Waals surface area contributed by atoms with Crippen molar-refractivity contribution >= 4 is 11.9 Å². The summed E-state index contributed by atoms with van der Waals surface area (Å²) >= 11 is 0. The summed E-state index contributed by atoms with van der Waals surface area (Å²) in [5.74, 6) is 0.249. The van der Waals surface area contributed by atoms with E-state index in [1.807, 2.05) is 14.0 Å². The van der Waals surface area contributed by atoms with Crippen LogP contribution in [0.4, 0.5) is 0 Å². The van der Waals surface area contributed by atoms with E-state index in [4.69, 9.17) is 9.47 Å². The Hall–Kier alpha value is -1.40. The second-order valence-electron chi connectivity index (χ2n) is 10.1. The maximum atomic E-state index is 12.7. The fourth-order valence-corrected chi connectivity index (χ4v) is 7.12.